The summed E-state index contributed by atoms with van der Waals surface area (Å²) in [5.41, 5.74) is 0.818. The van der Waals surface area contributed by atoms with E-state index in [4.69, 9.17) is 27.6 Å². The van der Waals surface area contributed by atoms with E-state index in [2.05, 4.69) is 20.8 Å². The Morgan fingerprint density at radius 3 is 2.29 bits per heavy atom. The third-order valence-corrected chi connectivity index (χ3v) is 3.10. The van der Waals surface area contributed by atoms with Crippen LogP contribution in [0.2, 0.25) is 10.0 Å². The number of rotatable bonds is 1. The van der Waals surface area contributed by atoms with Gasteiger partial charge in [-0.1, -0.05) is 44.0 Å². The Morgan fingerprint density at radius 2 is 1.71 bits per heavy atom. The lowest BCUT2D eigenvalue weighted by molar-refractivity contribution is 0.417. The highest BCUT2D eigenvalue weighted by molar-refractivity contribution is 6.35. The van der Waals surface area contributed by atoms with Crippen LogP contribution in [0.3, 0.4) is 0 Å². The summed E-state index contributed by atoms with van der Waals surface area (Å²) in [6.07, 6.45) is 0. The molecule has 2 aromatic rings. The minimum absolute atomic E-state index is 0.0106. The number of halogens is 2. The molecule has 0 aliphatic rings. The smallest absolute Gasteiger partial charge is 0.135 e. The summed E-state index contributed by atoms with van der Waals surface area (Å²) in [6.45, 7) is 6.32. The van der Waals surface area contributed by atoms with Gasteiger partial charge in [0.1, 0.15) is 11.5 Å². The Morgan fingerprint density at radius 1 is 1.00 bits per heavy atom. The first-order valence-electron chi connectivity index (χ1n) is 5.43. The van der Waals surface area contributed by atoms with E-state index in [0.717, 1.165) is 17.1 Å². The molecule has 0 bridgehead atoms. The van der Waals surface area contributed by atoms with Crippen LogP contribution in [0.5, 0.6) is 0 Å². The zero-order valence-electron chi connectivity index (χ0n) is 10.1. The monoisotopic (exact) mass is 268 g/mol. The number of benzene rings is 1. The molecule has 2 rings (SSSR count). The fourth-order valence-corrected chi connectivity index (χ4v) is 1.95. The molecule has 0 spiro atoms. The topological polar surface area (TPSA) is 13.1 Å². The third kappa shape index (κ3) is 2.67. The van der Waals surface area contributed by atoms with Crippen LogP contribution in [0.15, 0.2) is 34.7 Å². The van der Waals surface area contributed by atoms with Gasteiger partial charge in [-0.2, -0.15) is 0 Å². The van der Waals surface area contributed by atoms with Crippen molar-refractivity contribution >= 4 is 23.2 Å². The molecule has 0 aliphatic carbocycles. The van der Waals surface area contributed by atoms with Crippen molar-refractivity contribution in [3.05, 3.63) is 46.1 Å². The highest BCUT2D eigenvalue weighted by atomic mass is 35.5. The van der Waals surface area contributed by atoms with Gasteiger partial charge >= 0.3 is 0 Å². The Labute approximate surface area is 111 Å². The summed E-state index contributed by atoms with van der Waals surface area (Å²) < 4.78 is 5.83. The van der Waals surface area contributed by atoms with Crippen LogP contribution in [0.25, 0.3) is 11.3 Å². The second kappa shape index (κ2) is 4.40. The van der Waals surface area contributed by atoms with Crippen molar-refractivity contribution in [3.8, 4) is 11.3 Å². The Kier molecular flexibility index (Phi) is 3.24. The molecule has 1 aromatic carbocycles. The van der Waals surface area contributed by atoms with Crippen molar-refractivity contribution in [2.75, 3.05) is 0 Å². The van der Waals surface area contributed by atoms with Gasteiger partial charge in [-0.3, -0.25) is 0 Å². The van der Waals surface area contributed by atoms with Gasteiger partial charge in [0.05, 0.1) is 5.02 Å². The number of hydrogen-bond acceptors (Lipinski definition) is 1. The first-order valence-corrected chi connectivity index (χ1v) is 6.19. The van der Waals surface area contributed by atoms with E-state index < -0.39 is 0 Å². The molecule has 0 fully saturated rings. The van der Waals surface area contributed by atoms with Crippen LogP contribution in [0.4, 0.5) is 0 Å². The molecule has 0 saturated carbocycles. The van der Waals surface area contributed by atoms with Crippen LogP contribution < -0.4 is 0 Å². The summed E-state index contributed by atoms with van der Waals surface area (Å²) >= 11 is 12.1. The van der Waals surface area contributed by atoms with E-state index in [9.17, 15) is 0 Å². The van der Waals surface area contributed by atoms with Gasteiger partial charge < -0.3 is 4.42 Å². The van der Waals surface area contributed by atoms with Crippen molar-refractivity contribution in [2.24, 2.45) is 0 Å². The van der Waals surface area contributed by atoms with Crippen molar-refractivity contribution in [1.29, 1.82) is 0 Å². The van der Waals surface area contributed by atoms with Gasteiger partial charge in [0.15, 0.2) is 0 Å². The lowest BCUT2D eigenvalue weighted by atomic mass is 9.94. The van der Waals surface area contributed by atoms with Crippen molar-refractivity contribution < 1.29 is 4.42 Å². The van der Waals surface area contributed by atoms with Crippen LogP contribution >= 0.6 is 23.2 Å². The van der Waals surface area contributed by atoms with Gasteiger partial charge in [-0.15, -0.1) is 0 Å². The van der Waals surface area contributed by atoms with Crippen LogP contribution in [-0.4, -0.2) is 0 Å². The molecule has 1 heterocycles. The largest absolute Gasteiger partial charge is 0.460 e. The highest BCUT2D eigenvalue weighted by Crippen LogP contribution is 2.34. The molecule has 0 aliphatic heterocycles. The predicted octanol–water partition coefficient (Wildman–Crippen LogP) is 5.55. The summed E-state index contributed by atoms with van der Waals surface area (Å²) in [5.74, 6) is 1.69. The summed E-state index contributed by atoms with van der Waals surface area (Å²) in [6, 6.07) is 9.26. The molecule has 1 nitrogen and oxygen atoms in total. The second-order valence-electron chi connectivity index (χ2n) is 5.04. The number of furan rings is 1. The fourth-order valence-electron chi connectivity index (χ4n) is 1.57. The van der Waals surface area contributed by atoms with E-state index >= 15 is 0 Å². The average molecular weight is 269 g/mol. The molecular weight excluding hydrogens is 255 g/mol. The fraction of sp³-hybridized carbons (Fsp3) is 0.286. The SMILES string of the molecule is CC(C)(C)c1ccc(-c2cc(Cl)ccc2Cl)o1. The van der Waals surface area contributed by atoms with Gasteiger partial charge in [0.25, 0.3) is 0 Å². The molecule has 0 N–H and O–H groups in total. The van der Waals surface area contributed by atoms with Gasteiger partial charge in [-0.25, -0.2) is 0 Å². The zero-order chi connectivity index (χ0) is 12.6. The minimum Gasteiger partial charge on any atom is -0.460 e. The van der Waals surface area contributed by atoms with Crippen molar-refractivity contribution in [3.63, 3.8) is 0 Å². The van der Waals surface area contributed by atoms with Crippen LogP contribution in [0, 0.1) is 0 Å². The maximum Gasteiger partial charge on any atom is 0.135 e. The van der Waals surface area contributed by atoms with Gasteiger partial charge in [0, 0.05) is 16.0 Å². The van der Waals surface area contributed by atoms with E-state index in [-0.39, 0.29) is 5.41 Å². The standard InChI is InChI=1S/C14H14Cl2O/c1-14(2,3)13-7-6-12(17-13)10-8-9(15)4-5-11(10)16/h4-8H,1-3H3. The van der Waals surface area contributed by atoms with Crippen molar-refractivity contribution in [1.82, 2.24) is 0 Å². The molecule has 0 unspecified atom stereocenters. The van der Waals surface area contributed by atoms with E-state index in [1.807, 2.05) is 18.2 Å². The van der Waals surface area contributed by atoms with Crippen LogP contribution in [-0.2, 0) is 5.41 Å². The molecule has 0 saturated heterocycles. The second-order valence-corrected chi connectivity index (χ2v) is 5.88. The first-order chi connectivity index (χ1) is 7.88. The molecule has 0 radical (unpaired) electrons. The molecule has 1 aromatic heterocycles. The lowest BCUT2D eigenvalue weighted by Crippen LogP contribution is -2.08. The normalized spacial score (nSPS) is 11.8. The summed E-state index contributed by atoms with van der Waals surface area (Å²) in [5, 5.41) is 1.29. The molecular formula is C14H14Cl2O. The predicted molar refractivity (Wildman–Crippen MR) is 72.9 cm³/mol. The van der Waals surface area contributed by atoms with Gasteiger partial charge in [0.2, 0.25) is 0 Å². The van der Waals surface area contributed by atoms with E-state index in [1.165, 1.54) is 0 Å². The third-order valence-electron chi connectivity index (χ3n) is 2.54. The molecule has 0 atom stereocenters. The lowest BCUT2D eigenvalue weighted by Gasteiger charge is -2.14. The maximum absolute atomic E-state index is 6.14. The maximum atomic E-state index is 6.14. The Bertz CT molecular complexity index is 535. The van der Waals surface area contributed by atoms with E-state index in [1.54, 1.807) is 12.1 Å². The van der Waals surface area contributed by atoms with Gasteiger partial charge in [-0.05, 0) is 30.3 Å². The van der Waals surface area contributed by atoms with Crippen LogP contribution in [0.1, 0.15) is 26.5 Å². The molecule has 17 heavy (non-hydrogen) atoms. The average Bonchev–Trinajstić information content (AvgIpc) is 2.70. The Balaban J connectivity index is 2.47. The van der Waals surface area contributed by atoms with E-state index in [0.29, 0.717) is 10.0 Å². The Hall–Kier alpha value is -0.920. The number of hydrogen-bond donors (Lipinski definition) is 0. The molecule has 0 amide bonds. The zero-order valence-corrected chi connectivity index (χ0v) is 11.6. The summed E-state index contributed by atoms with van der Waals surface area (Å²) in [7, 11) is 0. The molecule has 3 heteroatoms. The minimum atomic E-state index is -0.0106. The summed E-state index contributed by atoms with van der Waals surface area (Å²) in [4.78, 5) is 0. The highest BCUT2D eigenvalue weighted by Gasteiger charge is 2.19. The first kappa shape index (κ1) is 12.5. The molecule has 90 valence electrons. The van der Waals surface area contributed by atoms with Crippen molar-refractivity contribution in [2.45, 2.75) is 26.2 Å². The quantitative estimate of drug-likeness (QED) is 0.661.